The smallest absolute Gasteiger partial charge is 0.408 e. The number of nitrogens with one attached hydrogen (secondary N) is 1. The Balaban J connectivity index is 2.75. The number of ketones is 2. The van der Waals surface area contributed by atoms with Gasteiger partial charge >= 0.3 is 12.1 Å². The van der Waals surface area contributed by atoms with E-state index in [1.165, 1.54) is 0 Å². The van der Waals surface area contributed by atoms with Crippen molar-refractivity contribution in [2.45, 2.75) is 58.6 Å². The number of carboxylic acid groups (broad SMARTS) is 1. The quantitative estimate of drug-likeness (QED) is 0.543. The van der Waals surface area contributed by atoms with Crippen molar-refractivity contribution < 1.29 is 29.0 Å². The van der Waals surface area contributed by atoms with Crippen LogP contribution in [0.1, 0.15) is 56.5 Å². The SMILES string of the molecule is CCC(=O)CC(=O)c1ccc(CC(NC(=O)OC(C)(C)C)C(=O)O)cc1. The standard InChI is InChI=1S/C19H25NO6/c1-5-14(21)11-16(22)13-8-6-12(7-9-13)10-15(17(23)24)20-18(25)26-19(2,3)4/h6-9,15H,5,10-11H2,1-4H3,(H,20,25)(H,23,24). The second kappa shape index (κ2) is 9.12. The van der Waals surface area contributed by atoms with E-state index in [-0.39, 0.29) is 24.4 Å². The van der Waals surface area contributed by atoms with Gasteiger partial charge in [0.2, 0.25) is 0 Å². The number of amides is 1. The van der Waals surface area contributed by atoms with Gasteiger partial charge in [-0.2, -0.15) is 0 Å². The van der Waals surface area contributed by atoms with Crippen molar-refractivity contribution in [2.24, 2.45) is 0 Å². The molecule has 1 rings (SSSR count). The minimum absolute atomic E-state index is 0.0386. The first kappa shape index (κ1) is 21.3. The van der Waals surface area contributed by atoms with Crippen LogP contribution in [0.25, 0.3) is 0 Å². The van der Waals surface area contributed by atoms with E-state index in [0.29, 0.717) is 17.5 Å². The van der Waals surface area contributed by atoms with Crippen LogP contribution < -0.4 is 5.32 Å². The lowest BCUT2D eigenvalue weighted by molar-refractivity contribution is -0.139. The molecule has 7 heteroatoms. The fraction of sp³-hybridized carbons (Fsp3) is 0.474. The lowest BCUT2D eigenvalue weighted by Crippen LogP contribution is -2.44. The van der Waals surface area contributed by atoms with Gasteiger partial charge in [-0.05, 0) is 26.3 Å². The monoisotopic (exact) mass is 363 g/mol. The Kier molecular flexibility index (Phi) is 7.49. The van der Waals surface area contributed by atoms with Gasteiger partial charge in [0.05, 0.1) is 6.42 Å². The lowest BCUT2D eigenvalue weighted by atomic mass is 10.0. The Morgan fingerprint density at radius 3 is 2.15 bits per heavy atom. The molecule has 0 heterocycles. The molecular formula is C19H25NO6. The topological polar surface area (TPSA) is 110 Å². The molecule has 0 fully saturated rings. The average molecular weight is 363 g/mol. The first-order chi connectivity index (χ1) is 12.0. The predicted molar refractivity (Wildman–Crippen MR) is 95.2 cm³/mol. The molecule has 0 aliphatic heterocycles. The van der Waals surface area contributed by atoms with Crippen molar-refractivity contribution in [3.05, 3.63) is 35.4 Å². The zero-order valence-electron chi connectivity index (χ0n) is 15.5. The fourth-order valence-electron chi connectivity index (χ4n) is 2.12. The number of carbonyl (C=O) groups is 4. The molecule has 1 atom stereocenters. The van der Waals surface area contributed by atoms with E-state index in [1.807, 2.05) is 0 Å². The van der Waals surface area contributed by atoms with Crippen LogP contribution in [0, 0.1) is 0 Å². The molecule has 2 N–H and O–H groups in total. The van der Waals surface area contributed by atoms with Crippen LogP contribution >= 0.6 is 0 Å². The van der Waals surface area contributed by atoms with Crippen molar-refractivity contribution in [1.29, 1.82) is 0 Å². The van der Waals surface area contributed by atoms with Crippen LogP contribution in [-0.4, -0.2) is 40.4 Å². The number of benzene rings is 1. The summed E-state index contributed by atoms with van der Waals surface area (Å²) in [5, 5.41) is 11.6. The highest BCUT2D eigenvalue weighted by molar-refractivity contribution is 6.07. The third kappa shape index (κ3) is 7.46. The number of hydrogen-bond acceptors (Lipinski definition) is 5. The van der Waals surface area contributed by atoms with Crippen LogP contribution in [-0.2, 0) is 20.7 Å². The third-order valence-corrected chi connectivity index (χ3v) is 3.46. The number of alkyl carbamates (subject to hydrolysis) is 1. The molecule has 0 radical (unpaired) electrons. The number of carbonyl (C=O) groups excluding carboxylic acids is 3. The Hall–Kier alpha value is -2.70. The summed E-state index contributed by atoms with van der Waals surface area (Å²) in [5.74, 6) is -1.60. The van der Waals surface area contributed by atoms with Gasteiger partial charge < -0.3 is 15.2 Å². The summed E-state index contributed by atoms with van der Waals surface area (Å²) in [6, 6.07) is 5.15. The Morgan fingerprint density at radius 1 is 1.12 bits per heavy atom. The van der Waals surface area contributed by atoms with Crippen molar-refractivity contribution in [3.63, 3.8) is 0 Å². The largest absolute Gasteiger partial charge is 0.480 e. The van der Waals surface area contributed by atoms with Gasteiger partial charge in [0.15, 0.2) is 5.78 Å². The molecule has 142 valence electrons. The summed E-state index contributed by atoms with van der Waals surface area (Å²) >= 11 is 0. The molecular weight excluding hydrogens is 338 g/mol. The van der Waals surface area contributed by atoms with Gasteiger partial charge in [0, 0.05) is 18.4 Å². The van der Waals surface area contributed by atoms with Gasteiger partial charge in [-0.1, -0.05) is 31.2 Å². The molecule has 7 nitrogen and oxygen atoms in total. The molecule has 1 aromatic carbocycles. The highest BCUT2D eigenvalue weighted by atomic mass is 16.6. The molecule has 0 aromatic heterocycles. The molecule has 0 aliphatic carbocycles. The van der Waals surface area contributed by atoms with E-state index in [9.17, 15) is 24.3 Å². The van der Waals surface area contributed by atoms with Crippen molar-refractivity contribution >= 4 is 23.6 Å². The van der Waals surface area contributed by atoms with Crippen LogP contribution in [0.5, 0.6) is 0 Å². The van der Waals surface area contributed by atoms with E-state index in [2.05, 4.69) is 5.32 Å². The Morgan fingerprint density at radius 2 is 1.69 bits per heavy atom. The van der Waals surface area contributed by atoms with E-state index < -0.39 is 23.7 Å². The first-order valence-electron chi connectivity index (χ1n) is 8.38. The predicted octanol–water partition coefficient (Wildman–Crippen LogP) is 2.76. The minimum Gasteiger partial charge on any atom is -0.480 e. The van der Waals surface area contributed by atoms with Crippen LogP contribution in [0.15, 0.2) is 24.3 Å². The summed E-state index contributed by atoms with van der Waals surface area (Å²) in [4.78, 5) is 46.4. The van der Waals surface area contributed by atoms with E-state index in [4.69, 9.17) is 4.74 Å². The highest BCUT2D eigenvalue weighted by Crippen LogP contribution is 2.11. The molecule has 1 amide bonds. The molecule has 0 saturated heterocycles. The molecule has 26 heavy (non-hydrogen) atoms. The maximum absolute atomic E-state index is 11.9. The second-order valence-electron chi connectivity index (χ2n) is 6.93. The molecule has 1 aromatic rings. The molecule has 0 bridgehead atoms. The van der Waals surface area contributed by atoms with E-state index in [1.54, 1.807) is 52.0 Å². The molecule has 0 aliphatic rings. The van der Waals surface area contributed by atoms with Gasteiger partial charge in [-0.3, -0.25) is 9.59 Å². The second-order valence-corrected chi connectivity index (χ2v) is 6.93. The number of hydrogen-bond donors (Lipinski definition) is 2. The summed E-state index contributed by atoms with van der Waals surface area (Å²) in [7, 11) is 0. The zero-order chi connectivity index (χ0) is 19.9. The molecule has 0 spiro atoms. The highest BCUT2D eigenvalue weighted by Gasteiger charge is 2.24. The fourth-order valence-corrected chi connectivity index (χ4v) is 2.12. The van der Waals surface area contributed by atoms with Crippen molar-refractivity contribution in [3.8, 4) is 0 Å². The van der Waals surface area contributed by atoms with Crippen molar-refractivity contribution in [2.75, 3.05) is 0 Å². The minimum atomic E-state index is -1.19. The molecule has 0 saturated carbocycles. The summed E-state index contributed by atoms with van der Waals surface area (Å²) < 4.78 is 5.06. The summed E-state index contributed by atoms with van der Waals surface area (Å²) in [6.07, 6.45) is -0.611. The van der Waals surface area contributed by atoms with Gasteiger partial charge in [-0.15, -0.1) is 0 Å². The maximum atomic E-state index is 11.9. The Labute approximate surface area is 152 Å². The number of ether oxygens (including phenoxy) is 1. The van der Waals surface area contributed by atoms with Gasteiger partial charge in [-0.25, -0.2) is 9.59 Å². The normalized spacial score (nSPS) is 12.2. The summed E-state index contributed by atoms with van der Waals surface area (Å²) in [5.41, 5.74) is 0.291. The van der Waals surface area contributed by atoms with Crippen LogP contribution in [0.4, 0.5) is 4.79 Å². The Bertz CT molecular complexity index is 672. The molecule has 1 unspecified atom stereocenters. The van der Waals surface area contributed by atoms with Gasteiger partial charge in [0.25, 0.3) is 0 Å². The zero-order valence-corrected chi connectivity index (χ0v) is 15.5. The van der Waals surface area contributed by atoms with Crippen molar-refractivity contribution in [1.82, 2.24) is 5.32 Å². The average Bonchev–Trinajstić information content (AvgIpc) is 2.52. The van der Waals surface area contributed by atoms with E-state index >= 15 is 0 Å². The number of carboxylic acids is 1. The first-order valence-corrected chi connectivity index (χ1v) is 8.38. The van der Waals surface area contributed by atoms with Gasteiger partial charge in [0.1, 0.15) is 17.4 Å². The van der Waals surface area contributed by atoms with Crippen LogP contribution in [0.2, 0.25) is 0 Å². The maximum Gasteiger partial charge on any atom is 0.408 e. The summed E-state index contributed by atoms with van der Waals surface area (Å²) in [6.45, 7) is 6.74. The lowest BCUT2D eigenvalue weighted by Gasteiger charge is -2.22. The number of rotatable bonds is 8. The third-order valence-electron chi connectivity index (χ3n) is 3.46. The number of aliphatic carboxylic acids is 1. The van der Waals surface area contributed by atoms with Crippen LogP contribution in [0.3, 0.4) is 0 Å². The van der Waals surface area contributed by atoms with E-state index in [0.717, 1.165) is 0 Å². The number of Topliss-reactive ketones (excluding diaryl/α,β-unsaturated/α-hetero) is 2.